The molecule has 4 heteroatoms. The number of para-hydroxylation sites is 1. The summed E-state index contributed by atoms with van der Waals surface area (Å²) >= 11 is 0. The molecule has 16 heavy (non-hydrogen) atoms. The molecule has 3 nitrogen and oxygen atoms in total. The van der Waals surface area contributed by atoms with Gasteiger partial charge in [0.1, 0.15) is 0 Å². The maximum atomic E-state index is 11.0. The summed E-state index contributed by atoms with van der Waals surface area (Å²) < 4.78 is 0. The highest BCUT2D eigenvalue weighted by Crippen LogP contribution is 2.23. The van der Waals surface area contributed by atoms with Crippen molar-refractivity contribution in [3.05, 3.63) is 29.8 Å². The number of hydrogen-bond acceptors (Lipinski definition) is 2. The number of hydrogen-bond donors (Lipinski definition) is 1. The zero-order chi connectivity index (χ0) is 10.7. The number of rotatable bonds is 2. The van der Waals surface area contributed by atoms with Crippen molar-refractivity contribution in [2.75, 3.05) is 18.0 Å². The Morgan fingerprint density at radius 1 is 1.12 bits per heavy atom. The van der Waals surface area contributed by atoms with Crippen LogP contribution in [0.2, 0.25) is 0 Å². The van der Waals surface area contributed by atoms with Gasteiger partial charge in [0.15, 0.2) is 0 Å². The van der Waals surface area contributed by atoms with E-state index in [-0.39, 0.29) is 12.4 Å². The van der Waals surface area contributed by atoms with E-state index in [1.165, 1.54) is 6.42 Å². The van der Waals surface area contributed by atoms with Gasteiger partial charge >= 0.3 is 5.97 Å². The lowest BCUT2D eigenvalue weighted by atomic mass is 10.1. The quantitative estimate of drug-likeness (QED) is 0.866. The molecule has 1 N–H and O–H groups in total. The first-order valence-electron chi connectivity index (χ1n) is 5.36. The Bertz CT molecular complexity index is 362. The molecule has 2 rings (SSSR count). The smallest absolute Gasteiger partial charge is 0.337 e. The molecule has 0 bridgehead atoms. The van der Waals surface area contributed by atoms with Crippen LogP contribution in [0.4, 0.5) is 5.69 Å². The molecule has 1 aromatic rings. The summed E-state index contributed by atoms with van der Waals surface area (Å²) in [5.74, 6) is -0.837. The Labute approximate surface area is 101 Å². The zero-order valence-corrected chi connectivity index (χ0v) is 9.87. The molecular formula is C12H16ClNO2. The highest BCUT2D eigenvalue weighted by molar-refractivity contribution is 5.94. The van der Waals surface area contributed by atoms with E-state index >= 15 is 0 Å². The Morgan fingerprint density at radius 2 is 1.75 bits per heavy atom. The van der Waals surface area contributed by atoms with Crippen molar-refractivity contribution in [2.45, 2.75) is 19.3 Å². The van der Waals surface area contributed by atoms with Crippen LogP contribution in [0.25, 0.3) is 0 Å². The number of halogens is 1. The van der Waals surface area contributed by atoms with Crippen LogP contribution in [-0.2, 0) is 0 Å². The molecule has 0 aromatic heterocycles. The normalized spacial score (nSPS) is 15.4. The van der Waals surface area contributed by atoms with E-state index in [0.29, 0.717) is 5.56 Å². The minimum atomic E-state index is -0.837. The molecule has 0 aliphatic carbocycles. The maximum Gasteiger partial charge on any atom is 0.337 e. The number of benzene rings is 1. The molecule has 0 spiro atoms. The first kappa shape index (κ1) is 12.8. The highest BCUT2D eigenvalue weighted by Gasteiger charge is 2.16. The number of nitrogens with zero attached hydrogens (tertiary/aromatic N) is 1. The Morgan fingerprint density at radius 3 is 2.38 bits per heavy atom. The van der Waals surface area contributed by atoms with Gasteiger partial charge < -0.3 is 10.0 Å². The standard InChI is InChI=1S/C12H15NO2.ClH/c14-12(15)10-6-2-3-7-11(10)13-8-4-1-5-9-13;/h2-3,6-7H,1,4-5,8-9H2,(H,14,15);1H. The first-order chi connectivity index (χ1) is 7.29. The highest BCUT2D eigenvalue weighted by atomic mass is 35.5. The third kappa shape index (κ3) is 2.67. The number of piperidine rings is 1. The van der Waals surface area contributed by atoms with Crippen molar-refractivity contribution >= 4 is 24.1 Å². The van der Waals surface area contributed by atoms with E-state index in [9.17, 15) is 4.79 Å². The van der Waals surface area contributed by atoms with Crippen molar-refractivity contribution < 1.29 is 9.90 Å². The minimum absolute atomic E-state index is 0. The van der Waals surface area contributed by atoms with Gasteiger partial charge in [0, 0.05) is 13.1 Å². The Kier molecular flexibility index (Phi) is 4.62. The van der Waals surface area contributed by atoms with Crippen LogP contribution in [0.5, 0.6) is 0 Å². The summed E-state index contributed by atoms with van der Waals surface area (Å²) in [7, 11) is 0. The van der Waals surface area contributed by atoms with Crippen molar-refractivity contribution in [3.8, 4) is 0 Å². The molecular weight excluding hydrogens is 226 g/mol. The second kappa shape index (κ2) is 5.75. The first-order valence-corrected chi connectivity index (χ1v) is 5.36. The van der Waals surface area contributed by atoms with Gasteiger partial charge in [-0.25, -0.2) is 4.79 Å². The van der Waals surface area contributed by atoms with Crippen LogP contribution in [-0.4, -0.2) is 24.2 Å². The van der Waals surface area contributed by atoms with E-state index < -0.39 is 5.97 Å². The van der Waals surface area contributed by atoms with Gasteiger partial charge in [-0.2, -0.15) is 0 Å². The molecule has 1 saturated heterocycles. The minimum Gasteiger partial charge on any atom is -0.478 e. The third-order valence-corrected chi connectivity index (χ3v) is 2.83. The van der Waals surface area contributed by atoms with Crippen LogP contribution in [0, 0.1) is 0 Å². The van der Waals surface area contributed by atoms with E-state index in [1.54, 1.807) is 12.1 Å². The number of anilines is 1. The number of carbonyl (C=O) groups is 1. The maximum absolute atomic E-state index is 11.0. The molecule has 88 valence electrons. The SMILES string of the molecule is Cl.O=C(O)c1ccccc1N1CCCCC1. The van der Waals surface area contributed by atoms with Crippen LogP contribution >= 0.6 is 12.4 Å². The van der Waals surface area contributed by atoms with Crippen molar-refractivity contribution in [2.24, 2.45) is 0 Å². The molecule has 1 fully saturated rings. The van der Waals surface area contributed by atoms with E-state index in [4.69, 9.17) is 5.11 Å². The topological polar surface area (TPSA) is 40.5 Å². The van der Waals surface area contributed by atoms with Gasteiger partial charge in [0.25, 0.3) is 0 Å². The Balaban J connectivity index is 0.00000128. The summed E-state index contributed by atoms with van der Waals surface area (Å²) in [6, 6.07) is 7.24. The molecule has 0 amide bonds. The van der Waals surface area contributed by atoms with E-state index in [1.807, 2.05) is 12.1 Å². The Hall–Kier alpha value is -1.22. The summed E-state index contributed by atoms with van der Waals surface area (Å²) in [5.41, 5.74) is 1.28. The molecule has 1 aromatic carbocycles. The fourth-order valence-electron chi connectivity index (χ4n) is 2.07. The lowest BCUT2D eigenvalue weighted by Crippen LogP contribution is -2.30. The van der Waals surface area contributed by atoms with Gasteiger partial charge in [0.05, 0.1) is 11.3 Å². The number of aromatic carboxylic acids is 1. The third-order valence-electron chi connectivity index (χ3n) is 2.83. The zero-order valence-electron chi connectivity index (χ0n) is 9.06. The largest absolute Gasteiger partial charge is 0.478 e. The van der Waals surface area contributed by atoms with Crippen LogP contribution in [0.3, 0.4) is 0 Å². The lowest BCUT2D eigenvalue weighted by molar-refractivity contribution is 0.0697. The lowest BCUT2D eigenvalue weighted by Gasteiger charge is -2.29. The average Bonchev–Trinajstić information content (AvgIpc) is 2.30. The second-order valence-electron chi connectivity index (χ2n) is 3.87. The van der Waals surface area contributed by atoms with Crippen molar-refractivity contribution in [1.29, 1.82) is 0 Å². The number of carboxylic acid groups (broad SMARTS) is 1. The van der Waals surface area contributed by atoms with Crippen LogP contribution < -0.4 is 4.90 Å². The fraction of sp³-hybridized carbons (Fsp3) is 0.417. The van der Waals surface area contributed by atoms with E-state index in [2.05, 4.69) is 4.90 Å². The van der Waals surface area contributed by atoms with Gasteiger partial charge in [0.2, 0.25) is 0 Å². The molecule has 1 heterocycles. The predicted octanol–water partition coefficient (Wildman–Crippen LogP) is 2.80. The van der Waals surface area contributed by atoms with E-state index in [0.717, 1.165) is 31.6 Å². The monoisotopic (exact) mass is 241 g/mol. The molecule has 1 aliphatic heterocycles. The van der Waals surface area contributed by atoms with Crippen LogP contribution in [0.1, 0.15) is 29.6 Å². The predicted molar refractivity (Wildman–Crippen MR) is 66.7 cm³/mol. The molecule has 0 radical (unpaired) electrons. The molecule has 1 aliphatic rings. The van der Waals surface area contributed by atoms with Gasteiger partial charge in [-0.1, -0.05) is 12.1 Å². The van der Waals surface area contributed by atoms with Crippen molar-refractivity contribution in [1.82, 2.24) is 0 Å². The summed E-state index contributed by atoms with van der Waals surface area (Å²) in [6.07, 6.45) is 3.58. The van der Waals surface area contributed by atoms with Crippen LogP contribution in [0.15, 0.2) is 24.3 Å². The average molecular weight is 242 g/mol. The van der Waals surface area contributed by atoms with Gasteiger partial charge in [-0.3, -0.25) is 0 Å². The van der Waals surface area contributed by atoms with Gasteiger partial charge in [-0.15, -0.1) is 12.4 Å². The molecule has 0 saturated carbocycles. The summed E-state index contributed by atoms with van der Waals surface area (Å²) in [6.45, 7) is 1.95. The van der Waals surface area contributed by atoms with Gasteiger partial charge in [-0.05, 0) is 31.4 Å². The second-order valence-corrected chi connectivity index (χ2v) is 3.87. The summed E-state index contributed by atoms with van der Waals surface area (Å²) in [4.78, 5) is 13.2. The van der Waals surface area contributed by atoms with Crippen molar-refractivity contribution in [3.63, 3.8) is 0 Å². The fourth-order valence-corrected chi connectivity index (χ4v) is 2.07. The molecule has 0 unspecified atom stereocenters. The number of carboxylic acids is 1. The molecule has 0 atom stereocenters. The summed E-state index contributed by atoms with van der Waals surface area (Å²) in [5, 5.41) is 9.07.